The lowest BCUT2D eigenvalue weighted by Gasteiger charge is -2.19. The van der Waals surface area contributed by atoms with E-state index in [9.17, 15) is 0 Å². The minimum Gasteiger partial charge on any atom is -0.371 e. The summed E-state index contributed by atoms with van der Waals surface area (Å²) in [5.41, 5.74) is 5.13. The molecule has 4 rings (SSSR count). The Kier molecular flexibility index (Phi) is 3.50. The summed E-state index contributed by atoms with van der Waals surface area (Å²) in [6.45, 7) is 2.31. The molecule has 0 saturated carbocycles. The second-order valence-corrected chi connectivity index (χ2v) is 6.46. The lowest BCUT2D eigenvalue weighted by atomic mass is 10.1. The number of thioether (sulfide) groups is 1. The third-order valence-corrected chi connectivity index (χ3v) is 4.86. The monoisotopic (exact) mass is 310 g/mol. The van der Waals surface area contributed by atoms with E-state index in [-0.39, 0.29) is 0 Å². The summed E-state index contributed by atoms with van der Waals surface area (Å²) in [7, 11) is 0. The number of anilines is 1. The summed E-state index contributed by atoms with van der Waals surface area (Å²) in [6, 6.07) is 8.69. The van der Waals surface area contributed by atoms with Gasteiger partial charge in [-0.15, -0.1) is 11.8 Å². The molecule has 0 spiro atoms. The zero-order valence-electron chi connectivity index (χ0n) is 12.5. The summed E-state index contributed by atoms with van der Waals surface area (Å²) in [4.78, 5) is 16.0. The van der Waals surface area contributed by atoms with E-state index in [1.54, 1.807) is 11.8 Å². The second-order valence-electron chi connectivity index (χ2n) is 5.58. The number of fused-ring (bicyclic) bond motifs is 1. The normalized spacial score (nSPS) is 14.9. The van der Waals surface area contributed by atoms with Crippen molar-refractivity contribution in [3.63, 3.8) is 0 Å². The Labute approximate surface area is 134 Å². The van der Waals surface area contributed by atoms with Crippen LogP contribution >= 0.6 is 11.8 Å². The molecular weight excluding hydrogens is 292 g/mol. The number of nitrogens with one attached hydrogen (secondary N) is 1. The lowest BCUT2D eigenvalue weighted by molar-refractivity contribution is 0.949. The fourth-order valence-corrected chi connectivity index (χ4v) is 3.46. The number of rotatable bonds is 3. The summed E-state index contributed by atoms with van der Waals surface area (Å²) >= 11 is 1.77. The van der Waals surface area contributed by atoms with Gasteiger partial charge in [0.25, 0.3) is 0 Å². The van der Waals surface area contributed by atoms with Crippen LogP contribution in [0.2, 0.25) is 0 Å². The number of nitrogens with zero attached hydrogens (tertiary/aromatic N) is 3. The maximum atomic E-state index is 4.73. The van der Waals surface area contributed by atoms with Gasteiger partial charge in [0.15, 0.2) is 5.65 Å². The van der Waals surface area contributed by atoms with Gasteiger partial charge in [-0.05, 0) is 43.4 Å². The van der Waals surface area contributed by atoms with E-state index < -0.39 is 0 Å². The van der Waals surface area contributed by atoms with Crippen molar-refractivity contribution >= 4 is 28.6 Å². The molecule has 0 aliphatic carbocycles. The Balaban J connectivity index is 1.80. The molecule has 22 heavy (non-hydrogen) atoms. The molecule has 1 aromatic carbocycles. The summed E-state index contributed by atoms with van der Waals surface area (Å²) in [5.74, 6) is 0. The van der Waals surface area contributed by atoms with Gasteiger partial charge >= 0.3 is 0 Å². The largest absolute Gasteiger partial charge is 0.371 e. The topological polar surface area (TPSA) is 44.8 Å². The summed E-state index contributed by atoms with van der Waals surface area (Å²) < 4.78 is 0. The molecule has 0 bridgehead atoms. The van der Waals surface area contributed by atoms with E-state index >= 15 is 0 Å². The van der Waals surface area contributed by atoms with E-state index in [0.717, 1.165) is 35.5 Å². The average Bonchev–Trinajstić information content (AvgIpc) is 3.24. The maximum Gasteiger partial charge on any atom is 0.156 e. The highest BCUT2D eigenvalue weighted by molar-refractivity contribution is 7.98. The van der Waals surface area contributed by atoms with Gasteiger partial charge < -0.3 is 9.88 Å². The Hall–Kier alpha value is -2.01. The first-order valence-corrected chi connectivity index (χ1v) is 8.80. The molecule has 0 unspecified atom stereocenters. The van der Waals surface area contributed by atoms with E-state index in [2.05, 4.69) is 39.3 Å². The molecule has 1 aliphatic rings. The molecule has 1 N–H and O–H groups in total. The Morgan fingerprint density at radius 3 is 2.86 bits per heavy atom. The molecule has 0 radical (unpaired) electrons. The van der Waals surface area contributed by atoms with Crippen LogP contribution in [0.5, 0.6) is 0 Å². The van der Waals surface area contributed by atoms with Crippen LogP contribution in [0.25, 0.3) is 22.4 Å². The van der Waals surface area contributed by atoms with E-state index in [1.165, 1.54) is 23.4 Å². The molecular formula is C17H18N4S. The average molecular weight is 310 g/mol. The zero-order valence-corrected chi connectivity index (χ0v) is 13.4. The number of aromatic amines is 1. The van der Waals surface area contributed by atoms with Crippen LogP contribution in [0.15, 0.2) is 41.6 Å². The van der Waals surface area contributed by atoms with Gasteiger partial charge in [0.2, 0.25) is 0 Å². The standard InChI is InChI=1S/C17H18N4S/c1-22-14-9-12(8-13(10-14)21-6-2-3-7-21)16-11-19-17-15(20-16)4-5-18-17/h4-5,8-11H,2-3,6-7H2,1H3,(H,18,19). The molecule has 4 nitrogen and oxygen atoms in total. The Bertz CT molecular complexity index is 805. The highest BCUT2D eigenvalue weighted by atomic mass is 32.2. The molecule has 0 atom stereocenters. The van der Waals surface area contributed by atoms with Gasteiger partial charge in [0.05, 0.1) is 11.9 Å². The van der Waals surface area contributed by atoms with Crippen molar-refractivity contribution < 1.29 is 0 Å². The van der Waals surface area contributed by atoms with E-state index in [1.807, 2.05) is 18.5 Å². The van der Waals surface area contributed by atoms with Crippen molar-refractivity contribution in [2.45, 2.75) is 17.7 Å². The van der Waals surface area contributed by atoms with Gasteiger partial charge in [-0.3, -0.25) is 0 Å². The fraction of sp³-hybridized carbons (Fsp3) is 0.294. The number of aromatic nitrogens is 3. The molecule has 112 valence electrons. The van der Waals surface area contributed by atoms with Crippen molar-refractivity contribution in [2.75, 3.05) is 24.2 Å². The SMILES string of the molecule is CSc1cc(-c2cnc3[nH]ccc3n2)cc(N2CCCC2)c1. The van der Waals surface area contributed by atoms with Crippen LogP contribution in [0.1, 0.15) is 12.8 Å². The Morgan fingerprint density at radius 1 is 1.18 bits per heavy atom. The first-order valence-electron chi connectivity index (χ1n) is 7.58. The van der Waals surface area contributed by atoms with E-state index in [4.69, 9.17) is 4.98 Å². The summed E-state index contributed by atoms with van der Waals surface area (Å²) in [5, 5.41) is 0. The van der Waals surface area contributed by atoms with Gasteiger partial charge in [0, 0.05) is 35.4 Å². The van der Waals surface area contributed by atoms with Gasteiger partial charge in [0.1, 0.15) is 5.52 Å². The summed E-state index contributed by atoms with van der Waals surface area (Å²) in [6.07, 6.45) is 8.42. The second kappa shape index (κ2) is 5.65. The fourth-order valence-electron chi connectivity index (χ4n) is 2.98. The van der Waals surface area contributed by atoms with Gasteiger partial charge in [-0.2, -0.15) is 0 Å². The van der Waals surface area contributed by atoms with Crippen molar-refractivity contribution in [1.82, 2.24) is 15.0 Å². The third kappa shape index (κ3) is 2.46. The predicted molar refractivity (Wildman–Crippen MR) is 92.6 cm³/mol. The first-order chi connectivity index (χ1) is 10.8. The number of benzene rings is 1. The van der Waals surface area contributed by atoms with Crippen LogP contribution in [-0.2, 0) is 0 Å². The zero-order chi connectivity index (χ0) is 14.9. The third-order valence-electron chi connectivity index (χ3n) is 4.15. The van der Waals surface area contributed by atoms with Crippen molar-refractivity contribution in [3.05, 3.63) is 36.7 Å². The highest BCUT2D eigenvalue weighted by Crippen LogP contribution is 2.31. The van der Waals surface area contributed by atoms with Crippen molar-refractivity contribution in [3.8, 4) is 11.3 Å². The van der Waals surface area contributed by atoms with Crippen LogP contribution in [0.3, 0.4) is 0 Å². The maximum absolute atomic E-state index is 4.73. The van der Waals surface area contributed by atoms with Crippen LogP contribution in [-0.4, -0.2) is 34.3 Å². The first kappa shape index (κ1) is 13.6. The number of hydrogen-bond acceptors (Lipinski definition) is 4. The van der Waals surface area contributed by atoms with E-state index in [0.29, 0.717) is 0 Å². The number of hydrogen-bond donors (Lipinski definition) is 1. The van der Waals surface area contributed by atoms with Crippen molar-refractivity contribution in [2.24, 2.45) is 0 Å². The smallest absolute Gasteiger partial charge is 0.156 e. The molecule has 3 heterocycles. The molecule has 5 heteroatoms. The highest BCUT2D eigenvalue weighted by Gasteiger charge is 2.15. The molecule has 0 amide bonds. The van der Waals surface area contributed by atoms with Crippen molar-refractivity contribution in [1.29, 1.82) is 0 Å². The minimum atomic E-state index is 0.838. The number of H-pyrrole nitrogens is 1. The van der Waals surface area contributed by atoms with Crippen LogP contribution < -0.4 is 4.90 Å². The lowest BCUT2D eigenvalue weighted by Crippen LogP contribution is -2.17. The molecule has 1 aliphatic heterocycles. The quantitative estimate of drug-likeness (QED) is 0.744. The van der Waals surface area contributed by atoms with Crippen LogP contribution in [0, 0.1) is 0 Å². The van der Waals surface area contributed by atoms with Gasteiger partial charge in [-0.25, -0.2) is 9.97 Å². The Morgan fingerprint density at radius 2 is 2.05 bits per heavy atom. The molecule has 1 fully saturated rings. The molecule has 1 saturated heterocycles. The molecule has 3 aromatic rings. The van der Waals surface area contributed by atoms with Gasteiger partial charge in [-0.1, -0.05) is 0 Å². The minimum absolute atomic E-state index is 0.838. The molecule has 2 aromatic heterocycles. The predicted octanol–water partition coefficient (Wildman–Crippen LogP) is 3.95. The van der Waals surface area contributed by atoms with Crippen LogP contribution in [0.4, 0.5) is 5.69 Å².